The Kier molecular flexibility index (Phi) is 17.8. The van der Waals surface area contributed by atoms with E-state index < -0.39 is 0 Å². The van der Waals surface area contributed by atoms with Crippen molar-refractivity contribution < 1.29 is 0 Å². The van der Waals surface area contributed by atoms with E-state index in [1.807, 2.05) is 0 Å². The summed E-state index contributed by atoms with van der Waals surface area (Å²) in [6.07, 6.45) is 16.7. The average Bonchev–Trinajstić information content (AvgIpc) is 2.57. The fourth-order valence-corrected chi connectivity index (χ4v) is 4.12. The number of thiocarbonyl (C=S) groups is 2. The Bertz CT molecular complexity index is 323. The van der Waals surface area contributed by atoms with E-state index in [1.165, 1.54) is 77.0 Å². The summed E-state index contributed by atoms with van der Waals surface area (Å²) < 4.78 is 1.04. The molecule has 2 aliphatic rings. The van der Waals surface area contributed by atoms with Gasteiger partial charge in [-0.3, -0.25) is 0 Å². The Morgan fingerprint density at radius 3 is 1.28 bits per heavy atom. The molecule has 0 bridgehead atoms. The van der Waals surface area contributed by atoms with Crippen LogP contribution >= 0.6 is 24.4 Å². The van der Waals surface area contributed by atoms with Crippen LogP contribution in [-0.2, 0) is 25.3 Å². The predicted octanol–water partition coefficient (Wildman–Crippen LogP) is 4.38. The van der Waals surface area contributed by atoms with Crippen molar-refractivity contribution >= 4 is 82.0 Å². The summed E-state index contributed by atoms with van der Waals surface area (Å²) in [7, 11) is 0. The van der Waals surface area contributed by atoms with E-state index in [0.29, 0.717) is 8.64 Å². The monoisotopic (exact) mass is 534 g/mol. The molecule has 4 radical (unpaired) electrons. The van der Waals surface area contributed by atoms with E-state index in [-0.39, 0.29) is 23.7 Å². The molecule has 0 amide bonds. The van der Waals surface area contributed by atoms with Gasteiger partial charge in [-0.05, 0) is 24.7 Å². The SMILES string of the molecule is S=C([S-])NCCC1CCCCC1.S=C([S-])NCCC1CCCCC1.[Te+2]. The Labute approximate surface area is 193 Å². The number of hydrogen-bond acceptors (Lipinski definition) is 4. The minimum atomic E-state index is 0. The number of hydrogen-bond donors (Lipinski definition) is 2. The van der Waals surface area contributed by atoms with Crippen LogP contribution in [0.1, 0.15) is 77.0 Å². The van der Waals surface area contributed by atoms with E-state index in [4.69, 9.17) is 49.7 Å². The van der Waals surface area contributed by atoms with Crippen LogP contribution in [-0.4, -0.2) is 45.4 Å². The molecule has 0 heterocycles. The van der Waals surface area contributed by atoms with Gasteiger partial charge >= 0.3 is 23.7 Å². The molecule has 25 heavy (non-hydrogen) atoms. The summed E-state index contributed by atoms with van der Waals surface area (Å²) in [6, 6.07) is 0. The molecule has 2 rings (SSSR count). The van der Waals surface area contributed by atoms with Gasteiger partial charge < -0.3 is 60.3 Å². The molecule has 2 nitrogen and oxygen atoms in total. The minimum absolute atomic E-state index is 0. The molecule has 144 valence electrons. The van der Waals surface area contributed by atoms with E-state index >= 15 is 0 Å². The minimum Gasteiger partial charge on any atom is -0.412 e. The van der Waals surface area contributed by atoms with Gasteiger partial charge in [-0.15, -0.1) is 0 Å². The Morgan fingerprint density at radius 2 is 1.00 bits per heavy atom. The first-order valence-corrected chi connectivity index (χ1v) is 11.1. The van der Waals surface area contributed by atoms with Crippen LogP contribution < -0.4 is 10.6 Å². The molecule has 7 heteroatoms. The predicted molar refractivity (Wildman–Crippen MR) is 124 cm³/mol. The fourth-order valence-electron chi connectivity index (χ4n) is 3.71. The van der Waals surface area contributed by atoms with Gasteiger partial charge in [0, 0.05) is 13.1 Å². The third-order valence-corrected chi connectivity index (χ3v) is 5.67. The van der Waals surface area contributed by atoms with Gasteiger partial charge in [-0.25, -0.2) is 0 Å². The van der Waals surface area contributed by atoms with Gasteiger partial charge in [0.15, 0.2) is 0 Å². The van der Waals surface area contributed by atoms with Crippen molar-refractivity contribution in [2.45, 2.75) is 77.0 Å². The molecule has 0 unspecified atom stereocenters. The summed E-state index contributed by atoms with van der Waals surface area (Å²) in [5, 5.41) is 6.08. The molecule has 0 aromatic heterocycles. The largest absolute Gasteiger partial charge is 2.00 e. The van der Waals surface area contributed by atoms with E-state index in [1.54, 1.807) is 0 Å². The second-order valence-corrected chi connectivity index (χ2v) is 9.16. The van der Waals surface area contributed by atoms with Crippen molar-refractivity contribution in [1.29, 1.82) is 0 Å². The van der Waals surface area contributed by atoms with Crippen LogP contribution in [0.15, 0.2) is 0 Å². The van der Waals surface area contributed by atoms with Gasteiger partial charge in [-0.2, -0.15) is 0 Å². The molecule has 2 saturated carbocycles. The second-order valence-electron chi connectivity index (χ2n) is 7.01. The molecule has 0 aromatic carbocycles. The molecule has 2 fully saturated rings. The Balaban J connectivity index is 0.000000443. The third kappa shape index (κ3) is 15.7. The summed E-state index contributed by atoms with van der Waals surface area (Å²) in [4.78, 5) is 0. The first-order valence-electron chi connectivity index (χ1n) is 9.47. The van der Waals surface area contributed by atoms with Gasteiger partial charge in [0.25, 0.3) is 0 Å². The van der Waals surface area contributed by atoms with Crippen LogP contribution in [0, 0.1) is 11.8 Å². The number of nitrogens with one attached hydrogen (secondary N) is 2. The van der Waals surface area contributed by atoms with Gasteiger partial charge in [0.1, 0.15) is 0 Å². The van der Waals surface area contributed by atoms with E-state index in [9.17, 15) is 0 Å². The van der Waals surface area contributed by atoms with Crippen LogP contribution in [0.3, 0.4) is 0 Å². The van der Waals surface area contributed by atoms with Crippen molar-refractivity contribution in [2.75, 3.05) is 13.1 Å². The quantitative estimate of drug-likeness (QED) is 0.300. The van der Waals surface area contributed by atoms with Crippen molar-refractivity contribution in [1.82, 2.24) is 10.6 Å². The Hall–Kier alpha value is 1.01. The van der Waals surface area contributed by atoms with Gasteiger partial charge in [0.05, 0.1) is 0 Å². The maximum Gasteiger partial charge on any atom is 2.00 e. The van der Waals surface area contributed by atoms with E-state index in [2.05, 4.69) is 10.6 Å². The maximum absolute atomic E-state index is 4.77. The molecule has 2 aliphatic carbocycles. The summed E-state index contributed by atoms with van der Waals surface area (Å²) in [6.45, 7) is 1.96. The van der Waals surface area contributed by atoms with Crippen molar-refractivity contribution in [2.24, 2.45) is 11.8 Å². The first kappa shape index (κ1) is 26.0. The first-order chi connectivity index (χ1) is 11.6. The number of rotatable bonds is 6. The second kappa shape index (κ2) is 17.1. The van der Waals surface area contributed by atoms with Crippen LogP contribution in [0.2, 0.25) is 0 Å². The molecule has 0 spiro atoms. The normalized spacial score (nSPS) is 18.2. The van der Waals surface area contributed by atoms with Gasteiger partial charge in [0.2, 0.25) is 0 Å². The zero-order chi connectivity index (χ0) is 17.6. The molecular formula is C18H32N2S4Te. The molecule has 0 aromatic rings. The van der Waals surface area contributed by atoms with Crippen LogP contribution in [0.25, 0.3) is 0 Å². The molecule has 0 saturated heterocycles. The summed E-state index contributed by atoms with van der Waals surface area (Å²) >= 11 is 19.1. The zero-order valence-electron chi connectivity index (χ0n) is 15.1. The van der Waals surface area contributed by atoms with Crippen molar-refractivity contribution in [3.63, 3.8) is 0 Å². The molecule has 0 aliphatic heterocycles. The molecule has 0 atom stereocenters. The third-order valence-electron chi connectivity index (χ3n) is 5.09. The Morgan fingerprint density at radius 1 is 0.680 bits per heavy atom. The van der Waals surface area contributed by atoms with Crippen LogP contribution in [0.5, 0.6) is 0 Å². The average molecular weight is 532 g/mol. The smallest absolute Gasteiger partial charge is 0.412 e. The van der Waals surface area contributed by atoms with Crippen LogP contribution in [0.4, 0.5) is 0 Å². The van der Waals surface area contributed by atoms with E-state index in [0.717, 1.165) is 24.9 Å². The topological polar surface area (TPSA) is 24.1 Å². The molecular weight excluding hydrogens is 500 g/mol. The van der Waals surface area contributed by atoms with Crippen molar-refractivity contribution in [3.05, 3.63) is 0 Å². The zero-order valence-corrected chi connectivity index (χ0v) is 20.7. The summed E-state index contributed by atoms with van der Waals surface area (Å²) in [5.41, 5.74) is 0. The maximum atomic E-state index is 4.77. The summed E-state index contributed by atoms with van der Waals surface area (Å²) in [5.74, 6) is 1.85. The van der Waals surface area contributed by atoms with Gasteiger partial charge in [-0.1, -0.05) is 72.8 Å². The fraction of sp³-hybridized carbons (Fsp3) is 0.889. The van der Waals surface area contributed by atoms with Crippen molar-refractivity contribution in [3.8, 4) is 0 Å². The standard InChI is InChI=1S/2C9H17NS2.Te/c2*11-9(12)10-7-6-8-4-2-1-3-5-8;/h2*8H,1-7H2,(H2,10,11,12);/q;;+2/p-2. The molecule has 2 N–H and O–H groups in total.